The molecule has 0 aliphatic rings. The number of fused-ring (bicyclic) bond motifs is 1. The van der Waals surface area contributed by atoms with E-state index in [0.29, 0.717) is 0 Å². The summed E-state index contributed by atoms with van der Waals surface area (Å²) in [4.78, 5) is 0. The Kier molecular flexibility index (Phi) is 3.25. The van der Waals surface area contributed by atoms with Gasteiger partial charge in [-0.15, -0.1) is 0 Å². The zero-order chi connectivity index (χ0) is 13.9. The zero-order valence-corrected chi connectivity index (χ0v) is 11.5. The summed E-state index contributed by atoms with van der Waals surface area (Å²) in [6, 6.07) is 17.0. The molecule has 3 rings (SSSR count). The minimum absolute atomic E-state index is 0.883. The second kappa shape index (κ2) is 5.21. The van der Waals surface area contributed by atoms with Crippen LogP contribution in [-0.4, -0.2) is 10.8 Å². The number of benzene rings is 2. The fourth-order valence-corrected chi connectivity index (χ4v) is 2.41. The van der Waals surface area contributed by atoms with Crippen LogP contribution in [0.3, 0.4) is 0 Å². The summed E-state index contributed by atoms with van der Waals surface area (Å²) in [5.41, 5.74) is 4.84. The van der Waals surface area contributed by atoms with E-state index < -0.39 is 0 Å². The van der Waals surface area contributed by atoms with Gasteiger partial charge in [0.05, 0.1) is 6.21 Å². The van der Waals surface area contributed by atoms with Crippen molar-refractivity contribution in [1.82, 2.24) is 4.57 Å². The predicted molar refractivity (Wildman–Crippen MR) is 84.0 cm³/mol. The highest BCUT2D eigenvalue weighted by atomic mass is 15.1. The summed E-state index contributed by atoms with van der Waals surface area (Å²) >= 11 is 0. The molecule has 1 aromatic heterocycles. The first-order valence-electron chi connectivity index (χ1n) is 6.64. The van der Waals surface area contributed by atoms with E-state index in [1.54, 1.807) is 6.21 Å². The molecule has 20 heavy (non-hydrogen) atoms. The molecule has 2 aromatic carbocycles. The van der Waals surface area contributed by atoms with Crippen LogP contribution in [0.4, 0.5) is 0 Å². The Morgan fingerprint density at radius 2 is 1.90 bits per heavy atom. The van der Waals surface area contributed by atoms with Crippen molar-refractivity contribution in [2.75, 3.05) is 0 Å². The van der Waals surface area contributed by atoms with Gasteiger partial charge in [0.1, 0.15) is 0 Å². The molecule has 3 heteroatoms. The van der Waals surface area contributed by atoms with Gasteiger partial charge in [0, 0.05) is 23.6 Å². The Balaban J connectivity index is 1.94. The maximum absolute atomic E-state index is 5.19. The van der Waals surface area contributed by atoms with E-state index >= 15 is 0 Å². The Labute approximate surface area is 118 Å². The molecule has 100 valence electrons. The molecule has 3 nitrogen and oxygen atoms in total. The van der Waals surface area contributed by atoms with Crippen molar-refractivity contribution < 1.29 is 0 Å². The number of hydrogen-bond acceptors (Lipinski definition) is 2. The Morgan fingerprint density at radius 1 is 1.10 bits per heavy atom. The fraction of sp³-hybridized carbons (Fsp3) is 0.118. The third-order valence-electron chi connectivity index (χ3n) is 3.49. The summed E-state index contributed by atoms with van der Waals surface area (Å²) < 4.78 is 2.25. The molecule has 0 aliphatic carbocycles. The van der Waals surface area contributed by atoms with Gasteiger partial charge in [-0.3, -0.25) is 0 Å². The predicted octanol–water partition coefficient (Wildman–Crippen LogP) is 3.29. The third-order valence-corrected chi connectivity index (χ3v) is 3.49. The van der Waals surface area contributed by atoms with Crippen molar-refractivity contribution >= 4 is 17.1 Å². The van der Waals surface area contributed by atoms with Crippen molar-refractivity contribution in [3.8, 4) is 0 Å². The highest BCUT2D eigenvalue weighted by Crippen LogP contribution is 2.18. The van der Waals surface area contributed by atoms with Crippen LogP contribution in [0.5, 0.6) is 0 Å². The maximum Gasteiger partial charge on any atom is 0.0538 e. The molecule has 0 radical (unpaired) electrons. The van der Waals surface area contributed by atoms with E-state index in [1.807, 2.05) is 6.07 Å². The zero-order valence-electron chi connectivity index (χ0n) is 11.5. The first-order valence-corrected chi connectivity index (χ1v) is 6.64. The molecular weight excluding hydrogens is 246 g/mol. The van der Waals surface area contributed by atoms with E-state index in [4.69, 9.17) is 5.84 Å². The Bertz CT molecular complexity index is 752. The number of rotatable bonds is 3. The van der Waals surface area contributed by atoms with Crippen LogP contribution in [0.2, 0.25) is 0 Å². The third kappa shape index (κ3) is 2.43. The smallest absolute Gasteiger partial charge is 0.0538 e. The van der Waals surface area contributed by atoms with E-state index in [-0.39, 0.29) is 0 Å². The second-order valence-corrected chi connectivity index (χ2v) is 5.03. The Hall–Kier alpha value is -2.55. The molecule has 0 spiro atoms. The van der Waals surface area contributed by atoms with Gasteiger partial charge in [0.15, 0.2) is 0 Å². The van der Waals surface area contributed by atoms with Crippen molar-refractivity contribution in [2.45, 2.75) is 13.5 Å². The van der Waals surface area contributed by atoms with Crippen LogP contribution < -0.4 is 5.84 Å². The first-order chi connectivity index (χ1) is 9.76. The number of aromatic nitrogens is 1. The minimum atomic E-state index is 0.883. The van der Waals surface area contributed by atoms with Gasteiger partial charge < -0.3 is 10.4 Å². The van der Waals surface area contributed by atoms with Gasteiger partial charge in [-0.1, -0.05) is 35.9 Å². The average Bonchev–Trinajstić information content (AvgIpc) is 2.84. The minimum Gasteiger partial charge on any atom is -0.343 e. The molecule has 0 saturated heterocycles. The highest BCUT2D eigenvalue weighted by Gasteiger charge is 2.02. The fourth-order valence-electron chi connectivity index (χ4n) is 2.41. The van der Waals surface area contributed by atoms with Gasteiger partial charge in [-0.25, -0.2) is 0 Å². The van der Waals surface area contributed by atoms with E-state index in [1.165, 1.54) is 22.0 Å². The van der Waals surface area contributed by atoms with Gasteiger partial charge >= 0.3 is 0 Å². The van der Waals surface area contributed by atoms with Crippen molar-refractivity contribution in [1.29, 1.82) is 0 Å². The molecule has 0 aliphatic heterocycles. The van der Waals surface area contributed by atoms with Crippen molar-refractivity contribution in [2.24, 2.45) is 10.9 Å². The largest absolute Gasteiger partial charge is 0.343 e. The summed E-state index contributed by atoms with van der Waals surface area (Å²) in [5.74, 6) is 5.19. The molecule has 2 N–H and O–H groups in total. The molecular formula is C17H17N3. The number of hydrogen-bond donors (Lipinski definition) is 1. The average molecular weight is 263 g/mol. The molecule has 0 fully saturated rings. The van der Waals surface area contributed by atoms with Gasteiger partial charge in [-0.05, 0) is 36.2 Å². The highest BCUT2D eigenvalue weighted by molar-refractivity contribution is 5.89. The maximum atomic E-state index is 5.19. The summed E-state index contributed by atoms with van der Waals surface area (Å²) in [7, 11) is 0. The molecule has 0 unspecified atom stereocenters. The molecule has 1 heterocycles. The Morgan fingerprint density at radius 3 is 2.65 bits per heavy atom. The van der Waals surface area contributed by atoms with Crippen LogP contribution in [0.25, 0.3) is 10.9 Å². The van der Waals surface area contributed by atoms with E-state index in [2.05, 4.69) is 65.3 Å². The van der Waals surface area contributed by atoms with Crippen molar-refractivity contribution in [3.63, 3.8) is 0 Å². The van der Waals surface area contributed by atoms with Gasteiger partial charge in [0.25, 0.3) is 0 Å². The summed E-state index contributed by atoms with van der Waals surface area (Å²) in [6.07, 6.45) is 3.78. The van der Waals surface area contributed by atoms with Crippen LogP contribution in [0, 0.1) is 6.92 Å². The standard InChI is InChI=1S/C17H17N3/c1-13-2-4-14(5-3-13)12-20-9-8-16-10-15(11-19-18)6-7-17(16)20/h2-11H,12,18H2,1H3. The van der Waals surface area contributed by atoms with Gasteiger partial charge in [0.2, 0.25) is 0 Å². The lowest BCUT2D eigenvalue weighted by molar-refractivity contribution is 0.836. The van der Waals surface area contributed by atoms with Crippen molar-refractivity contribution in [3.05, 3.63) is 71.4 Å². The lowest BCUT2D eigenvalue weighted by Gasteiger charge is -2.06. The van der Waals surface area contributed by atoms with E-state index in [0.717, 1.165) is 12.1 Å². The lowest BCUT2D eigenvalue weighted by atomic mass is 10.1. The molecule has 3 aromatic rings. The van der Waals surface area contributed by atoms with Crippen LogP contribution >= 0.6 is 0 Å². The molecule has 0 bridgehead atoms. The summed E-state index contributed by atoms with van der Waals surface area (Å²) in [6.45, 7) is 2.99. The number of nitrogens with two attached hydrogens (primary N) is 1. The molecule has 0 saturated carbocycles. The van der Waals surface area contributed by atoms with Gasteiger partial charge in [-0.2, -0.15) is 5.10 Å². The molecule has 0 amide bonds. The normalized spacial score (nSPS) is 11.4. The topological polar surface area (TPSA) is 43.3 Å². The van der Waals surface area contributed by atoms with Crippen LogP contribution in [-0.2, 0) is 6.54 Å². The first kappa shape index (κ1) is 12.5. The van der Waals surface area contributed by atoms with E-state index in [9.17, 15) is 0 Å². The number of aryl methyl sites for hydroxylation is 1. The lowest BCUT2D eigenvalue weighted by Crippen LogP contribution is -1.97. The summed E-state index contributed by atoms with van der Waals surface area (Å²) in [5, 5.41) is 4.77. The monoisotopic (exact) mass is 263 g/mol. The van der Waals surface area contributed by atoms with Crippen LogP contribution in [0.15, 0.2) is 59.8 Å². The number of hydrazone groups is 1. The number of nitrogens with zero attached hydrogens (tertiary/aromatic N) is 2. The second-order valence-electron chi connectivity index (χ2n) is 5.03. The van der Waals surface area contributed by atoms with Crippen LogP contribution in [0.1, 0.15) is 16.7 Å². The SMILES string of the molecule is Cc1ccc(Cn2ccc3cc(C=NN)ccc32)cc1. The quantitative estimate of drug-likeness (QED) is 0.440. The molecule has 0 atom stereocenters.